The average molecular weight is 136 g/mol. The molecule has 0 aliphatic carbocycles. The summed E-state index contributed by atoms with van der Waals surface area (Å²) in [4.78, 5) is 0. The van der Waals surface area contributed by atoms with E-state index in [9.17, 15) is 0 Å². The number of nitrogens with zero attached hydrogens (tertiary/aromatic N) is 1. The summed E-state index contributed by atoms with van der Waals surface area (Å²) in [5, 5.41) is 9.11. The van der Waals surface area contributed by atoms with Gasteiger partial charge in [-0.05, 0) is 6.07 Å². The van der Waals surface area contributed by atoms with Crippen LogP contribution in [0.15, 0.2) is 37.1 Å². The summed E-state index contributed by atoms with van der Waals surface area (Å²) in [5.41, 5.74) is 0.845. The van der Waals surface area contributed by atoms with Gasteiger partial charge >= 0.3 is 0 Å². The minimum Gasteiger partial charge on any atom is -0.285 e. The molecule has 0 saturated carbocycles. The van der Waals surface area contributed by atoms with Gasteiger partial charge in [0, 0.05) is 16.9 Å². The molecule has 0 unspecified atom stereocenters. The maximum atomic E-state index is 9.11. The Morgan fingerprint density at radius 1 is 1.60 bits per heavy atom. The predicted molar refractivity (Wildman–Crippen MR) is 37.7 cm³/mol. The van der Waals surface area contributed by atoms with E-state index in [0.29, 0.717) is 6.42 Å². The molecule has 10 heavy (non-hydrogen) atoms. The first kappa shape index (κ1) is 6.81. The molecule has 0 fully saturated rings. The monoisotopic (exact) mass is 136 g/mol. The van der Waals surface area contributed by atoms with Crippen molar-refractivity contribution < 1.29 is 9.94 Å². The minimum atomic E-state index is 0.692. The lowest BCUT2D eigenvalue weighted by molar-refractivity contribution is -0.909. The van der Waals surface area contributed by atoms with Crippen molar-refractivity contribution >= 4 is 0 Å². The van der Waals surface area contributed by atoms with E-state index in [4.69, 9.17) is 5.21 Å². The zero-order chi connectivity index (χ0) is 7.40. The summed E-state index contributed by atoms with van der Waals surface area (Å²) in [6.07, 6.45) is 4.04. The Bertz CT molecular complexity index is 232. The van der Waals surface area contributed by atoms with E-state index < -0.39 is 0 Å². The molecule has 0 aromatic carbocycles. The second kappa shape index (κ2) is 3.01. The van der Waals surface area contributed by atoms with Crippen molar-refractivity contribution in [1.82, 2.24) is 0 Å². The molecule has 1 aromatic heterocycles. The Balaban J connectivity index is 2.91. The van der Waals surface area contributed by atoms with Crippen LogP contribution in [0.3, 0.4) is 0 Å². The second-order valence-electron chi connectivity index (χ2n) is 2.03. The van der Waals surface area contributed by atoms with Crippen LogP contribution in [0.4, 0.5) is 0 Å². The van der Waals surface area contributed by atoms with Crippen molar-refractivity contribution in [1.29, 1.82) is 0 Å². The summed E-state index contributed by atoms with van der Waals surface area (Å²) < 4.78 is 1.10. The molecule has 0 radical (unpaired) electrons. The number of aromatic nitrogens is 1. The van der Waals surface area contributed by atoms with Gasteiger partial charge in [-0.1, -0.05) is 6.08 Å². The lowest BCUT2D eigenvalue weighted by Gasteiger charge is -1.89. The van der Waals surface area contributed by atoms with Crippen molar-refractivity contribution in [2.45, 2.75) is 6.42 Å². The topological polar surface area (TPSA) is 24.1 Å². The Kier molecular flexibility index (Phi) is 2.05. The molecular formula is C8H10NO+. The number of hydrogen-bond donors (Lipinski definition) is 1. The van der Waals surface area contributed by atoms with Gasteiger partial charge in [-0.3, -0.25) is 5.21 Å². The third-order valence-electron chi connectivity index (χ3n) is 1.27. The Labute approximate surface area is 60.0 Å². The summed E-state index contributed by atoms with van der Waals surface area (Å²) >= 11 is 0. The SMILES string of the molecule is C=CCc1cccc[n+]1O. The van der Waals surface area contributed by atoms with Gasteiger partial charge in [0.1, 0.15) is 0 Å². The highest BCUT2D eigenvalue weighted by Gasteiger charge is 2.03. The normalized spacial score (nSPS) is 9.20. The van der Waals surface area contributed by atoms with E-state index >= 15 is 0 Å². The Hall–Kier alpha value is -1.31. The molecule has 0 aliphatic rings. The number of allylic oxidation sites excluding steroid dienone is 1. The fraction of sp³-hybridized carbons (Fsp3) is 0.125. The molecule has 52 valence electrons. The van der Waals surface area contributed by atoms with Gasteiger partial charge in [-0.25, -0.2) is 0 Å². The van der Waals surface area contributed by atoms with Crippen LogP contribution in [0.5, 0.6) is 0 Å². The molecule has 1 heterocycles. The van der Waals surface area contributed by atoms with Crippen LogP contribution < -0.4 is 4.73 Å². The first-order valence-electron chi connectivity index (χ1n) is 3.14. The highest BCUT2D eigenvalue weighted by molar-refractivity contribution is 5.00. The molecular weight excluding hydrogens is 126 g/mol. The molecule has 0 amide bonds. The van der Waals surface area contributed by atoms with E-state index in [-0.39, 0.29) is 0 Å². The van der Waals surface area contributed by atoms with E-state index in [1.54, 1.807) is 18.3 Å². The van der Waals surface area contributed by atoms with Gasteiger partial charge in [0.25, 0.3) is 0 Å². The first-order valence-corrected chi connectivity index (χ1v) is 3.14. The quantitative estimate of drug-likeness (QED) is 0.365. The zero-order valence-corrected chi connectivity index (χ0v) is 5.70. The lowest BCUT2D eigenvalue weighted by Crippen LogP contribution is -2.33. The molecule has 1 rings (SSSR count). The molecule has 0 bridgehead atoms. The van der Waals surface area contributed by atoms with Crippen molar-refractivity contribution in [3.8, 4) is 0 Å². The highest BCUT2D eigenvalue weighted by atomic mass is 16.5. The van der Waals surface area contributed by atoms with E-state index in [1.165, 1.54) is 0 Å². The molecule has 0 saturated heterocycles. The molecule has 0 aliphatic heterocycles. The molecule has 2 heteroatoms. The third-order valence-corrected chi connectivity index (χ3v) is 1.27. The molecule has 1 N–H and O–H groups in total. The highest BCUT2D eigenvalue weighted by Crippen LogP contribution is 1.90. The fourth-order valence-corrected chi connectivity index (χ4v) is 0.779. The zero-order valence-electron chi connectivity index (χ0n) is 5.70. The Morgan fingerprint density at radius 3 is 3.00 bits per heavy atom. The van der Waals surface area contributed by atoms with Crippen LogP contribution in [-0.4, -0.2) is 5.21 Å². The van der Waals surface area contributed by atoms with Crippen LogP contribution in [-0.2, 0) is 6.42 Å². The fourth-order valence-electron chi connectivity index (χ4n) is 0.779. The van der Waals surface area contributed by atoms with Crippen molar-refractivity contribution in [2.24, 2.45) is 0 Å². The van der Waals surface area contributed by atoms with Crippen molar-refractivity contribution in [3.63, 3.8) is 0 Å². The van der Waals surface area contributed by atoms with Crippen LogP contribution >= 0.6 is 0 Å². The molecule has 0 atom stereocenters. The van der Waals surface area contributed by atoms with Gasteiger partial charge in [0.2, 0.25) is 11.9 Å². The van der Waals surface area contributed by atoms with E-state index in [0.717, 1.165) is 10.4 Å². The summed E-state index contributed by atoms with van der Waals surface area (Å²) in [6.45, 7) is 3.57. The van der Waals surface area contributed by atoms with E-state index in [1.807, 2.05) is 12.1 Å². The maximum absolute atomic E-state index is 9.11. The van der Waals surface area contributed by atoms with Gasteiger partial charge in [0.05, 0.1) is 6.42 Å². The predicted octanol–water partition coefficient (Wildman–Crippen LogP) is 0.940. The van der Waals surface area contributed by atoms with Crippen LogP contribution in [0.1, 0.15) is 5.69 Å². The third kappa shape index (κ3) is 1.35. The van der Waals surface area contributed by atoms with Gasteiger partial charge in [-0.15, -0.1) is 6.58 Å². The van der Waals surface area contributed by atoms with Gasteiger partial charge < -0.3 is 0 Å². The summed E-state index contributed by atoms with van der Waals surface area (Å²) in [6, 6.07) is 5.50. The largest absolute Gasteiger partial charge is 0.285 e. The van der Waals surface area contributed by atoms with Gasteiger partial charge in [0.15, 0.2) is 0 Å². The molecule has 1 aromatic rings. The summed E-state index contributed by atoms with van der Waals surface area (Å²) in [7, 11) is 0. The Morgan fingerprint density at radius 2 is 2.40 bits per heavy atom. The average Bonchev–Trinajstić information content (AvgIpc) is 1.94. The van der Waals surface area contributed by atoms with Crippen LogP contribution in [0, 0.1) is 0 Å². The first-order chi connectivity index (χ1) is 4.84. The number of rotatable bonds is 2. The lowest BCUT2D eigenvalue weighted by atomic mass is 10.3. The standard InChI is InChI=1S/C8H10NO/c1-2-5-8-6-3-4-7-9(8)10/h2-4,6-7,10H,1,5H2/q+1. The molecule has 2 nitrogen and oxygen atoms in total. The van der Waals surface area contributed by atoms with Crippen LogP contribution in [0.25, 0.3) is 0 Å². The van der Waals surface area contributed by atoms with Gasteiger partial charge in [-0.2, -0.15) is 0 Å². The van der Waals surface area contributed by atoms with E-state index in [2.05, 4.69) is 6.58 Å². The minimum absolute atomic E-state index is 0.692. The smallest absolute Gasteiger partial charge is 0.237 e. The second-order valence-corrected chi connectivity index (χ2v) is 2.03. The number of hydrogen-bond acceptors (Lipinski definition) is 1. The van der Waals surface area contributed by atoms with Crippen molar-refractivity contribution in [2.75, 3.05) is 0 Å². The van der Waals surface area contributed by atoms with Crippen molar-refractivity contribution in [3.05, 3.63) is 42.7 Å². The van der Waals surface area contributed by atoms with Crippen LogP contribution in [0.2, 0.25) is 0 Å². The summed E-state index contributed by atoms with van der Waals surface area (Å²) in [5.74, 6) is 0. The maximum Gasteiger partial charge on any atom is 0.237 e. The number of pyridine rings is 1. The molecule has 0 spiro atoms.